The van der Waals surface area contributed by atoms with E-state index in [4.69, 9.17) is 20.0 Å². The Morgan fingerprint density at radius 1 is 0.647 bits per heavy atom. The number of nitrogens with two attached hydrogens (primary N) is 2. The number of nitrogen functional groups attached to an aromatic ring is 2. The van der Waals surface area contributed by atoms with Gasteiger partial charge in [0.1, 0.15) is 50.1 Å². The van der Waals surface area contributed by atoms with E-state index in [-0.39, 0.29) is 41.6 Å². The third-order valence-electron chi connectivity index (χ3n) is 6.07. The quantitative estimate of drug-likeness (QED) is 0.264. The van der Waals surface area contributed by atoms with Crippen LogP contribution in [0.5, 0.6) is 0 Å². The molecule has 0 aliphatic heterocycles. The summed E-state index contributed by atoms with van der Waals surface area (Å²) in [6.07, 6.45) is 0. The second kappa shape index (κ2) is 10.2. The lowest BCUT2D eigenvalue weighted by molar-refractivity contribution is -1.06. The van der Waals surface area contributed by atoms with Crippen LogP contribution in [-0.4, -0.2) is 66.4 Å². The zero-order chi connectivity index (χ0) is 25.9. The van der Waals surface area contributed by atoms with Crippen LogP contribution in [0.25, 0.3) is 11.1 Å². The Morgan fingerprint density at radius 2 is 0.941 bits per heavy atom. The maximum absolute atomic E-state index is 13.4. The molecule has 0 aliphatic rings. The summed E-state index contributed by atoms with van der Waals surface area (Å²) in [5.74, 6) is 0. The maximum atomic E-state index is 13.4. The predicted octanol–water partition coefficient (Wildman–Crippen LogP) is 2.73. The number of hydrogen-bond acceptors (Lipinski definition) is 8. The molecule has 0 unspecified atom stereocenters. The first-order valence-electron chi connectivity index (χ1n) is 11.1. The van der Waals surface area contributed by atoms with Crippen LogP contribution in [0, 0.1) is 0 Å². The number of hydroxylamine groups is 6. The van der Waals surface area contributed by atoms with E-state index in [1.807, 2.05) is 0 Å². The van der Waals surface area contributed by atoms with Gasteiger partial charge in [-0.05, 0) is 52.0 Å². The number of benzene rings is 2. The van der Waals surface area contributed by atoms with Gasteiger partial charge in [0.2, 0.25) is 0 Å². The van der Waals surface area contributed by atoms with Crippen molar-refractivity contribution in [3.63, 3.8) is 0 Å². The van der Waals surface area contributed by atoms with Crippen molar-refractivity contribution in [2.75, 3.05) is 51.7 Å². The first kappa shape index (κ1) is 28.0. The molecule has 10 nitrogen and oxygen atoms in total. The van der Waals surface area contributed by atoms with Crippen LogP contribution in [0.4, 0.5) is 11.4 Å². The normalized spacial score (nSPS) is 13.2. The average molecular weight is 517 g/mol. The number of nitrogens with zero attached hydrogens (tertiary/aromatic N) is 2. The lowest BCUT2D eigenvalue weighted by Gasteiger charge is -2.28. The molecule has 190 valence electrons. The highest BCUT2D eigenvalue weighted by Gasteiger charge is 2.36. The van der Waals surface area contributed by atoms with Crippen molar-refractivity contribution in [3.8, 4) is 11.1 Å². The SMILES string of the molecule is CC[N+](C)(CC)OS(=O)(=O)c1cc(N)ccc1-c1ccc(N)cc1S(=O)(=O)O[N+](C)(CC)CC. The fourth-order valence-electron chi connectivity index (χ4n) is 3.15. The molecule has 12 heteroatoms. The standard InChI is InChI=1S/C22H36N4O6S2/c1-7-25(5,8-2)31-33(27,28)21-15-17(23)11-13-19(21)20-14-12-18(24)16-22(20)34(29,30)32-26(6,9-3)10-4/h11-16H,7-10,23-24H2,1-6H3/q+2. The number of quaternary nitrogens is 2. The molecule has 0 radical (unpaired) electrons. The average Bonchev–Trinajstić information content (AvgIpc) is 2.78. The monoisotopic (exact) mass is 516 g/mol. The lowest BCUT2D eigenvalue weighted by Crippen LogP contribution is -2.45. The number of hydrogen-bond donors (Lipinski definition) is 2. The third-order valence-corrected chi connectivity index (χ3v) is 8.94. The van der Waals surface area contributed by atoms with Gasteiger partial charge in [0.05, 0.1) is 0 Å². The Labute approximate surface area is 203 Å². The summed E-state index contributed by atoms with van der Waals surface area (Å²) in [7, 11) is -5.39. The molecule has 0 fully saturated rings. The van der Waals surface area contributed by atoms with Gasteiger partial charge in [0, 0.05) is 22.5 Å². The summed E-state index contributed by atoms with van der Waals surface area (Å²) in [4.78, 5) is -0.494. The van der Waals surface area contributed by atoms with Gasteiger partial charge in [-0.3, -0.25) is 0 Å². The highest BCUT2D eigenvalue weighted by molar-refractivity contribution is 7.87. The van der Waals surface area contributed by atoms with E-state index < -0.39 is 20.2 Å². The molecular formula is C22H36N4O6S2+2. The van der Waals surface area contributed by atoms with Crippen LogP contribution in [0.2, 0.25) is 0 Å². The predicted molar refractivity (Wildman–Crippen MR) is 132 cm³/mol. The fourth-order valence-corrected chi connectivity index (χ4v) is 6.13. The smallest absolute Gasteiger partial charge is 0.343 e. The molecule has 0 saturated heterocycles. The summed E-state index contributed by atoms with van der Waals surface area (Å²) in [6, 6.07) is 8.40. The Kier molecular flexibility index (Phi) is 8.39. The Morgan fingerprint density at radius 3 is 1.21 bits per heavy atom. The molecule has 2 aromatic rings. The van der Waals surface area contributed by atoms with Crippen molar-refractivity contribution >= 4 is 31.6 Å². The van der Waals surface area contributed by atoms with Gasteiger partial charge < -0.3 is 11.5 Å². The molecule has 0 spiro atoms. The van der Waals surface area contributed by atoms with Gasteiger partial charge in [0.25, 0.3) is 0 Å². The van der Waals surface area contributed by atoms with E-state index in [2.05, 4.69) is 0 Å². The molecule has 0 aliphatic carbocycles. The molecule has 0 saturated carbocycles. The van der Waals surface area contributed by atoms with E-state index >= 15 is 0 Å². The van der Waals surface area contributed by atoms with Gasteiger partial charge in [-0.1, -0.05) is 20.7 Å². The topological polar surface area (TPSA) is 139 Å². The molecular weight excluding hydrogens is 480 g/mol. The molecule has 0 aromatic heterocycles. The van der Waals surface area contributed by atoms with Gasteiger partial charge in [-0.15, -0.1) is 0 Å². The van der Waals surface area contributed by atoms with Gasteiger partial charge in [-0.25, -0.2) is 0 Å². The third kappa shape index (κ3) is 6.06. The zero-order valence-electron chi connectivity index (χ0n) is 20.6. The largest absolute Gasteiger partial charge is 0.399 e. The Balaban J connectivity index is 2.79. The van der Waals surface area contributed by atoms with Crippen LogP contribution in [0.1, 0.15) is 27.7 Å². The van der Waals surface area contributed by atoms with Crippen LogP contribution in [0.15, 0.2) is 46.2 Å². The summed E-state index contributed by atoms with van der Waals surface area (Å²) in [5, 5.41) is 0. The number of rotatable bonds is 11. The molecule has 4 N–H and O–H groups in total. The number of anilines is 2. The second-order valence-electron chi connectivity index (χ2n) is 8.43. The van der Waals surface area contributed by atoms with E-state index in [0.29, 0.717) is 26.2 Å². The molecule has 34 heavy (non-hydrogen) atoms. The van der Waals surface area contributed by atoms with Crippen molar-refractivity contribution in [1.82, 2.24) is 0 Å². The lowest BCUT2D eigenvalue weighted by atomic mass is 10.0. The zero-order valence-corrected chi connectivity index (χ0v) is 22.2. The van der Waals surface area contributed by atoms with Crippen LogP contribution in [0.3, 0.4) is 0 Å². The molecule has 2 aromatic carbocycles. The fraction of sp³-hybridized carbons (Fsp3) is 0.455. The molecule has 0 heterocycles. The minimum Gasteiger partial charge on any atom is -0.399 e. The van der Waals surface area contributed by atoms with Crippen molar-refractivity contribution in [2.45, 2.75) is 37.5 Å². The van der Waals surface area contributed by atoms with E-state index in [0.717, 1.165) is 0 Å². The summed E-state index contributed by atoms with van der Waals surface area (Å²) in [5.41, 5.74) is 12.4. The summed E-state index contributed by atoms with van der Waals surface area (Å²) >= 11 is 0. The first-order valence-corrected chi connectivity index (χ1v) is 13.9. The van der Waals surface area contributed by atoms with Crippen molar-refractivity contribution in [3.05, 3.63) is 36.4 Å². The molecule has 2 rings (SSSR count). The highest BCUT2D eigenvalue weighted by Crippen LogP contribution is 2.37. The van der Waals surface area contributed by atoms with Gasteiger partial charge in [-0.2, -0.15) is 26.1 Å². The minimum absolute atomic E-state index is 0.109. The van der Waals surface area contributed by atoms with E-state index in [9.17, 15) is 16.8 Å². The van der Waals surface area contributed by atoms with Gasteiger partial charge >= 0.3 is 20.2 Å². The van der Waals surface area contributed by atoms with Crippen molar-refractivity contribution in [1.29, 1.82) is 0 Å². The highest BCUT2D eigenvalue weighted by atomic mass is 32.2. The maximum Gasteiger partial charge on any atom is 0.343 e. The first-order chi connectivity index (χ1) is 15.7. The second-order valence-corrected chi connectivity index (χ2v) is 11.4. The van der Waals surface area contributed by atoms with E-state index in [1.54, 1.807) is 41.8 Å². The van der Waals surface area contributed by atoms with Crippen LogP contribution in [-0.2, 0) is 28.8 Å². The van der Waals surface area contributed by atoms with Crippen molar-refractivity contribution in [2.24, 2.45) is 0 Å². The summed E-state index contributed by atoms with van der Waals surface area (Å²) < 4.78 is 64.1. The minimum atomic E-state index is -4.34. The van der Waals surface area contributed by atoms with Crippen LogP contribution < -0.4 is 11.5 Å². The van der Waals surface area contributed by atoms with Gasteiger partial charge in [0.15, 0.2) is 0 Å². The summed E-state index contributed by atoms with van der Waals surface area (Å²) in [6.45, 7) is 8.80. The Bertz CT molecular complexity index is 1140. The van der Waals surface area contributed by atoms with E-state index in [1.165, 1.54) is 36.4 Å². The molecule has 0 atom stereocenters. The van der Waals surface area contributed by atoms with Crippen molar-refractivity contribution < 1.29 is 34.7 Å². The van der Waals surface area contributed by atoms with Crippen LogP contribution >= 0.6 is 0 Å². The molecule has 0 bridgehead atoms. The molecule has 0 amide bonds. The Hall–Kier alpha value is -2.22.